The Bertz CT molecular complexity index is 325. The van der Waals surface area contributed by atoms with Crippen LogP contribution in [-0.2, 0) is 6.54 Å². The number of piperazine rings is 1. The van der Waals surface area contributed by atoms with Crippen molar-refractivity contribution in [3.05, 3.63) is 30.1 Å². The van der Waals surface area contributed by atoms with Crippen molar-refractivity contribution in [2.24, 2.45) is 0 Å². The first-order valence-corrected chi connectivity index (χ1v) is 6.24. The number of hydrogen-bond acceptors (Lipinski definition) is 4. The van der Waals surface area contributed by atoms with E-state index in [2.05, 4.69) is 40.3 Å². The molecule has 1 N–H and O–H groups in total. The minimum Gasteiger partial charge on any atom is -0.314 e. The Balaban J connectivity index is 1.96. The molecule has 2 heterocycles. The first-order valence-electron chi connectivity index (χ1n) is 6.24. The molecular weight excluding hydrogens is 212 g/mol. The van der Waals surface area contributed by atoms with Gasteiger partial charge >= 0.3 is 0 Å². The molecule has 1 saturated heterocycles. The summed E-state index contributed by atoms with van der Waals surface area (Å²) in [6.07, 6.45) is 3.80. The quantitative estimate of drug-likeness (QED) is 0.818. The summed E-state index contributed by atoms with van der Waals surface area (Å²) in [5.74, 6) is 0. The fraction of sp³-hybridized carbons (Fsp3) is 0.615. The van der Waals surface area contributed by atoms with Gasteiger partial charge in [-0.2, -0.15) is 0 Å². The third-order valence-corrected chi connectivity index (χ3v) is 3.16. The highest BCUT2D eigenvalue weighted by molar-refractivity contribution is 5.08. The van der Waals surface area contributed by atoms with Crippen molar-refractivity contribution in [2.75, 3.05) is 40.3 Å². The van der Waals surface area contributed by atoms with Crippen LogP contribution >= 0.6 is 0 Å². The summed E-state index contributed by atoms with van der Waals surface area (Å²) >= 11 is 0. The zero-order valence-corrected chi connectivity index (χ0v) is 10.8. The van der Waals surface area contributed by atoms with Gasteiger partial charge in [-0.3, -0.25) is 9.88 Å². The van der Waals surface area contributed by atoms with Gasteiger partial charge in [0.05, 0.1) is 0 Å². The van der Waals surface area contributed by atoms with Gasteiger partial charge in [-0.1, -0.05) is 6.07 Å². The third kappa shape index (κ3) is 3.77. The van der Waals surface area contributed by atoms with Gasteiger partial charge in [0.25, 0.3) is 0 Å². The van der Waals surface area contributed by atoms with E-state index in [1.165, 1.54) is 5.56 Å². The molecular formula is C13H22N4. The Morgan fingerprint density at radius 2 is 2.41 bits per heavy atom. The lowest BCUT2D eigenvalue weighted by Gasteiger charge is -2.37. The van der Waals surface area contributed by atoms with E-state index in [0.29, 0.717) is 6.04 Å². The molecule has 0 saturated carbocycles. The lowest BCUT2D eigenvalue weighted by atomic mass is 10.1. The van der Waals surface area contributed by atoms with E-state index in [-0.39, 0.29) is 0 Å². The molecule has 1 atom stereocenters. The van der Waals surface area contributed by atoms with Crippen molar-refractivity contribution in [1.29, 1.82) is 0 Å². The van der Waals surface area contributed by atoms with Crippen LogP contribution in [0.5, 0.6) is 0 Å². The number of pyridine rings is 1. The smallest absolute Gasteiger partial charge is 0.0351 e. The lowest BCUT2D eigenvalue weighted by Crippen LogP contribution is -2.54. The molecule has 1 unspecified atom stereocenters. The predicted octanol–water partition coefficient (Wildman–Crippen LogP) is 0.417. The van der Waals surface area contributed by atoms with Gasteiger partial charge in [-0.05, 0) is 25.7 Å². The second-order valence-corrected chi connectivity index (χ2v) is 4.95. The monoisotopic (exact) mass is 234 g/mol. The zero-order chi connectivity index (χ0) is 12.1. The Morgan fingerprint density at radius 1 is 1.53 bits per heavy atom. The topological polar surface area (TPSA) is 31.4 Å². The third-order valence-electron chi connectivity index (χ3n) is 3.16. The Hall–Kier alpha value is -0.970. The molecule has 0 amide bonds. The van der Waals surface area contributed by atoms with Crippen molar-refractivity contribution in [3.8, 4) is 0 Å². The number of likely N-dealkylation sites (N-methyl/N-ethyl adjacent to an activating group) is 1. The average molecular weight is 234 g/mol. The number of nitrogens with one attached hydrogen (secondary N) is 1. The maximum atomic E-state index is 4.18. The minimum atomic E-state index is 0.596. The normalized spacial score (nSPS) is 21.9. The second kappa shape index (κ2) is 6.10. The molecule has 94 valence electrons. The molecule has 4 nitrogen and oxygen atoms in total. The molecule has 1 aliphatic rings. The summed E-state index contributed by atoms with van der Waals surface area (Å²) < 4.78 is 0. The number of rotatable bonds is 4. The van der Waals surface area contributed by atoms with E-state index in [1.807, 2.05) is 18.5 Å². The van der Waals surface area contributed by atoms with Crippen LogP contribution in [0.2, 0.25) is 0 Å². The summed E-state index contributed by atoms with van der Waals surface area (Å²) in [6.45, 7) is 5.40. The van der Waals surface area contributed by atoms with Crippen LogP contribution in [0.25, 0.3) is 0 Å². The largest absolute Gasteiger partial charge is 0.314 e. The highest BCUT2D eigenvalue weighted by atomic mass is 15.2. The summed E-state index contributed by atoms with van der Waals surface area (Å²) in [4.78, 5) is 8.99. The summed E-state index contributed by atoms with van der Waals surface area (Å²) in [5, 5.41) is 3.47. The summed E-state index contributed by atoms with van der Waals surface area (Å²) in [7, 11) is 4.27. The molecule has 0 spiro atoms. The van der Waals surface area contributed by atoms with Crippen LogP contribution in [0, 0.1) is 0 Å². The molecule has 4 heteroatoms. The van der Waals surface area contributed by atoms with Crippen molar-refractivity contribution in [3.63, 3.8) is 0 Å². The van der Waals surface area contributed by atoms with E-state index < -0.39 is 0 Å². The first kappa shape index (κ1) is 12.5. The Labute approximate surface area is 104 Å². The average Bonchev–Trinajstić information content (AvgIpc) is 2.32. The van der Waals surface area contributed by atoms with Crippen molar-refractivity contribution in [2.45, 2.75) is 12.6 Å². The molecule has 17 heavy (non-hydrogen) atoms. The van der Waals surface area contributed by atoms with Crippen LogP contribution in [0.3, 0.4) is 0 Å². The van der Waals surface area contributed by atoms with E-state index in [9.17, 15) is 0 Å². The van der Waals surface area contributed by atoms with Crippen LogP contribution in [-0.4, -0.2) is 61.1 Å². The van der Waals surface area contributed by atoms with Gasteiger partial charge in [-0.25, -0.2) is 0 Å². The van der Waals surface area contributed by atoms with Gasteiger partial charge in [0.2, 0.25) is 0 Å². The maximum Gasteiger partial charge on any atom is 0.0351 e. The van der Waals surface area contributed by atoms with Gasteiger partial charge in [0, 0.05) is 51.2 Å². The molecule has 2 rings (SSSR count). The van der Waals surface area contributed by atoms with Crippen LogP contribution in [0.4, 0.5) is 0 Å². The minimum absolute atomic E-state index is 0.596. The van der Waals surface area contributed by atoms with Crippen LogP contribution in [0.1, 0.15) is 5.56 Å². The van der Waals surface area contributed by atoms with Crippen molar-refractivity contribution in [1.82, 2.24) is 20.1 Å². The van der Waals surface area contributed by atoms with Gasteiger partial charge in [0.15, 0.2) is 0 Å². The second-order valence-electron chi connectivity index (χ2n) is 4.95. The summed E-state index contributed by atoms with van der Waals surface area (Å²) in [5.41, 5.74) is 1.30. The Morgan fingerprint density at radius 3 is 3.12 bits per heavy atom. The number of aromatic nitrogens is 1. The molecule has 0 aliphatic carbocycles. The van der Waals surface area contributed by atoms with E-state index in [0.717, 1.165) is 32.7 Å². The molecule has 0 aromatic carbocycles. The van der Waals surface area contributed by atoms with Crippen LogP contribution < -0.4 is 5.32 Å². The predicted molar refractivity (Wildman–Crippen MR) is 69.9 cm³/mol. The van der Waals surface area contributed by atoms with Crippen molar-refractivity contribution < 1.29 is 0 Å². The van der Waals surface area contributed by atoms with E-state index in [1.54, 1.807) is 0 Å². The van der Waals surface area contributed by atoms with Crippen molar-refractivity contribution >= 4 is 0 Å². The van der Waals surface area contributed by atoms with Gasteiger partial charge in [0.1, 0.15) is 0 Å². The maximum absolute atomic E-state index is 4.18. The van der Waals surface area contributed by atoms with Gasteiger partial charge in [-0.15, -0.1) is 0 Å². The molecule has 1 fully saturated rings. The van der Waals surface area contributed by atoms with E-state index >= 15 is 0 Å². The lowest BCUT2D eigenvalue weighted by molar-refractivity contribution is 0.126. The Kier molecular flexibility index (Phi) is 4.48. The highest BCUT2D eigenvalue weighted by Gasteiger charge is 2.22. The van der Waals surface area contributed by atoms with Gasteiger partial charge < -0.3 is 10.2 Å². The molecule has 1 aromatic rings. The zero-order valence-electron chi connectivity index (χ0n) is 10.8. The number of nitrogens with zero attached hydrogens (tertiary/aromatic N) is 3. The SMILES string of the molecule is CN(C)CC1CNCCN1Cc1cccnc1. The van der Waals surface area contributed by atoms with E-state index in [4.69, 9.17) is 0 Å². The highest BCUT2D eigenvalue weighted by Crippen LogP contribution is 2.10. The molecule has 0 radical (unpaired) electrons. The summed E-state index contributed by atoms with van der Waals surface area (Å²) in [6, 6.07) is 4.76. The first-order chi connectivity index (χ1) is 8.25. The standard InChI is InChI=1S/C13H22N4/c1-16(2)11-13-9-15-6-7-17(13)10-12-4-3-5-14-8-12/h3-5,8,13,15H,6-7,9-11H2,1-2H3. The fourth-order valence-electron chi connectivity index (χ4n) is 2.34. The van der Waals surface area contributed by atoms with Crippen LogP contribution in [0.15, 0.2) is 24.5 Å². The molecule has 1 aromatic heterocycles. The molecule has 1 aliphatic heterocycles. The number of hydrogen-bond donors (Lipinski definition) is 1. The molecule has 0 bridgehead atoms. The fourth-order valence-corrected chi connectivity index (χ4v) is 2.34.